The fraction of sp³-hybridized carbons (Fsp3) is 0.381. The Balaban J connectivity index is 1.59. The van der Waals surface area contributed by atoms with Crippen LogP contribution in [0.4, 0.5) is 0 Å². The van der Waals surface area contributed by atoms with Crippen LogP contribution >= 0.6 is 0 Å². The van der Waals surface area contributed by atoms with E-state index in [4.69, 9.17) is 9.47 Å². The van der Waals surface area contributed by atoms with Crippen molar-refractivity contribution >= 4 is 18.0 Å². The number of carbonyl (C=O) groups is 2. The number of rotatable bonds is 8. The number of likely N-dealkylation sites (tertiary alicyclic amines) is 1. The van der Waals surface area contributed by atoms with Crippen LogP contribution < -0.4 is 14.9 Å². The van der Waals surface area contributed by atoms with Gasteiger partial charge in [0.2, 0.25) is 0 Å². The minimum absolute atomic E-state index is 0.00943. The number of aromatic nitrogens is 1. The van der Waals surface area contributed by atoms with Gasteiger partial charge < -0.3 is 19.4 Å². The molecule has 0 saturated carbocycles. The van der Waals surface area contributed by atoms with Crippen LogP contribution in [-0.4, -0.2) is 54.2 Å². The summed E-state index contributed by atoms with van der Waals surface area (Å²) >= 11 is 0. The molecule has 154 valence electrons. The SMILES string of the molecule is CCOc1cc(/C=N\NC(=O)c2ccc[nH]2)ccc1OCC(=O)N1CCCCC1. The molecule has 1 aromatic heterocycles. The number of nitrogens with one attached hydrogen (secondary N) is 2. The Labute approximate surface area is 169 Å². The smallest absolute Gasteiger partial charge is 0.287 e. The van der Waals surface area contributed by atoms with Gasteiger partial charge in [-0.2, -0.15) is 5.10 Å². The van der Waals surface area contributed by atoms with Crippen molar-refractivity contribution in [2.75, 3.05) is 26.3 Å². The molecule has 2 amide bonds. The van der Waals surface area contributed by atoms with E-state index in [0.717, 1.165) is 31.5 Å². The summed E-state index contributed by atoms with van der Waals surface area (Å²) < 4.78 is 11.4. The van der Waals surface area contributed by atoms with Crippen molar-refractivity contribution in [2.24, 2.45) is 5.10 Å². The summed E-state index contributed by atoms with van der Waals surface area (Å²) in [6.07, 6.45) is 6.45. The first kappa shape index (κ1) is 20.4. The second kappa shape index (κ2) is 10.3. The Hall–Kier alpha value is -3.29. The zero-order valence-electron chi connectivity index (χ0n) is 16.5. The Morgan fingerprint density at radius 2 is 2.00 bits per heavy atom. The van der Waals surface area contributed by atoms with Crippen LogP contribution in [0.1, 0.15) is 42.2 Å². The molecule has 0 radical (unpaired) electrons. The highest BCUT2D eigenvalue weighted by Gasteiger charge is 2.17. The summed E-state index contributed by atoms with van der Waals surface area (Å²) in [5, 5.41) is 3.96. The van der Waals surface area contributed by atoms with Gasteiger partial charge in [0.05, 0.1) is 12.8 Å². The van der Waals surface area contributed by atoms with Crippen molar-refractivity contribution in [3.05, 3.63) is 47.8 Å². The molecule has 0 unspecified atom stereocenters. The first-order valence-corrected chi connectivity index (χ1v) is 9.81. The number of hydrazone groups is 1. The molecule has 0 atom stereocenters. The largest absolute Gasteiger partial charge is 0.490 e. The molecule has 1 fully saturated rings. The van der Waals surface area contributed by atoms with Gasteiger partial charge in [-0.05, 0) is 62.1 Å². The van der Waals surface area contributed by atoms with E-state index in [-0.39, 0.29) is 18.4 Å². The second-order valence-corrected chi connectivity index (χ2v) is 6.65. The van der Waals surface area contributed by atoms with Crippen LogP contribution in [0.3, 0.4) is 0 Å². The normalized spacial score (nSPS) is 14.0. The summed E-state index contributed by atoms with van der Waals surface area (Å²) in [6.45, 7) is 3.91. The number of aromatic amines is 1. The highest BCUT2D eigenvalue weighted by atomic mass is 16.5. The van der Waals surface area contributed by atoms with Crippen molar-refractivity contribution in [1.29, 1.82) is 0 Å². The molecular formula is C21H26N4O4. The van der Waals surface area contributed by atoms with Gasteiger partial charge in [-0.3, -0.25) is 9.59 Å². The molecule has 0 spiro atoms. The van der Waals surface area contributed by atoms with Gasteiger partial charge in [-0.1, -0.05) is 0 Å². The second-order valence-electron chi connectivity index (χ2n) is 6.65. The maximum Gasteiger partial charge on any atom is 0.287 e. The maximum absolute atomic E-state index is 12.3. The lowest BCUT2D eigenvalue weighted by atomic mass is 10.1. The van der Waals surface area contributed by atoms with E-state index in [9.17, 15) is 9.59 Å². The fourth-order valence-electron chi connectivity index (χ4n) is 3.06. The molecule has 8 nitrogen and oxygen atoms in total. The molecule has 29 heavy (non-hydrogen) atoms. The number of carbonyl (C=O) groups excluding carboxylic acids is 2. The average Bonchev–Trinajstić information content (AvgIpc) is 3.29. The Morgan fingerprint density at radius 1 is 1.17 bits per heavy atom. The van der Waals surface area contributed by atoms with Crippen LogP contribution in [0, 0.1) is 0 Å². The molecule has 1 saturated heterocycles. The van der Waals surface area contributed by atoms with E-state index in [1.54, 1.807) is 36.5 Å². The molecule has 0 aliphatic carbocycles. The standard InChI is InChI=1S/C21H26N4O4/c1-2-28-19-13-16(14-23-24-21(27)17-7-6-10-22-17)8-9-18(19)29-15-20(26)25-11-4-3-5-12-25/h6-10,13-14,22H,2-5,11-12,15H2,1H3,(H,24,27)/b23-14-. The summed E-state index contributed by atoms with van der Waals surface area (Å²) in [4.78, 5) is 28.8. The van der Waals surface area contributed by atoms with Gasteiger partial charge in [0.25, 0.3) is 11.8 Å². The number of hydrogen-bond donors (Lipinski definition) is 2. The number of piperidine rings is 1. The number of benzene rings is 1. The minimum atomic E-state index is -0.326. The predicted octanol–water partition coefficient (Wildman–Crippen LogP) is 2.57. The lowest BCUT2D eigenvalue weighted by Gasteiger charge is -2.26. The van der Waals surface area contributed by atoms with Gasteiger partial charge in [0, 0.05) is 19.3 Å². The summed E-state index contributed by atoms with van der Waals surface area (Å²) in [5.41, 5.74) is 3.61. The number of hydrogen-bond acceptors (Lipinski definition) is 5. The minimum Gasteiger partial charge on any atom is -0.490 e. The maximum atomic E-state index is 12.3. The lowest BCUT2D eigenvalue weighted by molar-refractivity contribution is -0.134. The van der Waals surface area contributed by atoms with E-state index >= 15 is 0 Å². The summed E-state index contributed by atoms with van der Waals surface area (Å²) in [5.74, 6) is 0.695. The third-order valence-corrected chi connectivity index (χ3v) is 4.55. The van der Waals surface area contributed by atoms with Crippen molar-refractivity contribution in [3.63, 3.8) is 0 Å². The zero-order valence-corrected chi connectivity index (χ0v) is 16.5. The van der Waals surface area contributed by atoms with Crippen molar-refractivity contribution in [1.82, 2.24) is 15.3 Å². The van der Waals surface area contributed by atoms with E-state index in [1.807, 2.05) is 11.8 Å². The summed E-state index contributed by atoms with van der Waals surface area (Å²) in [7, 11) is 0. The molecule has 1 aliphatic rings. The zero-order chi connectivity index (χ0) is 20.5. The van der Waals surface area contributed by atoms with Crippen LogP contribution in [0.2, 0.25) is 0 Å². The molecular weight excluding hydrogens is 372 g/mol. The molecule has 1 aliphatic heterocycles. The topological polar surface area (TPSA) is 96.0 Å². The van der Waals surface area contributed by atoms with E-state index in [1.165, 1.54) is 12.6 Å². The average molecular weight is 398 g/mol. The molecule has 1 aromatic carbocycles. The van der Waals surface area contributed by atoms with Crippen LogP contribution in [0.5, 0.6) is 11.5 Å². The van der Waals surface area contributed by atoms with Gasteiger partial charge in [0.1, 0.15) is 5.69 Å². The van der Waals surface area contributed by atoms with Crippen LogP contribution in [0.15, 0.2) is 41.6 Å². The predicted molar refractivity (Wildman–Crippen MR) is 109 cm³/mol. The monoisotopic (exact) mass is 398 g/mol. The highest BCUT2D eigenvalue weighted by molar-refractivity contribution is 5.93. The van der Waals surface area contributed by atoms with Gasteiger partial charge in [-0.25, -0.2) is 5.43 Å². The molecule has 2 N–H and O–H groups in total. The van der Waals surface area contributed by atoms with Crippen molar-refractivity contribution < 1.29 is 19.1 Å². The molecule has 2 heterocycles. The molecule has 8 heteroatoms. The fourth-order valence-corrected chi connectivity index (χ4v) is 3.06. The van der Waals surface area contributed by atoms with Crippen LogP contribution in [0.25, 0.3) is 0 Å². The molecule has 0 bridgehead atoms. The first-order valence-electron chi connectivity index (χ1n) is 9.81. The Kier molecular flexibility index (Phi) is 7.27. The van der Waals surface area contributed by atoms with E-state index in [0.29, 0.717) is 23.8 Å². The number of amides is 2. The Morgan fingerprint density at radius 3 is 2.72 bits per heavy atom. The highest BCUT2D eigenvalue weighted by Crippen LogP contribution is 2.28. The third-order valence-electron chi connectivity index (χ3n) is 4.55. The quantitative estimate of drug-likeness (QED) is 0.528. The number of nitrogens with zero attached hydrogens (tertiary/aromatic N) is 2. The third kappa shape index (κ3) is 5.84. The first-order chi connectivity index (χ1) is 14.2. The number of H-pyrrole nitrogens is 1. The molecule has 2 aromatic rings. The van der Waals surface area contributed by atoms with E-state index in [2.05, 4.69) is 15.5 Å². The summed E-state index contributed by atoms with van der Waals surface area (Å²) in [6, 6.07) is 8.68. The van der Waals surface area contributed by atoms with Gasteiger partial charge in [-0.15, -0.1) is 0 Å². The van der Waals surface area contributed by atoms with Crippen molar-refractivity contribution in [3.8, 4) is 11.5 Å². The van der Waals surface area contributed by atoms with E-state index < -0.39 is 0 Å². The van der Waals surface area contributed by atoms with Crippen molar-refractivity contribution in [2.45, 2.75) is 26.2 Å². The molecule has 3 rings (SSSR count). The van der Waals surface area contributed by atoms with Crippen LogP contribution in [-0.2, 0) is 4.79 Å². The number of ether oxygens (including phenoxy) is 2. The van der Waals surface area contributed by atoms with Gasteiger partial charge >= 0.3 is 0 Å². The Bertz CT molecular complexity index is 842. The van der Waals surface area contributed by atoms with Gasteiger partial charge in [0.15, 0.2) is 18.1 Å². The lowest BCUT2D eigenvalue weighted by Crippen LogP contribution is -2.38.